The molecule has 3 N–H and O–H groups in total. The Hall–Kier alpha value is -1.10. The first-order valence-electron chi connectivity index (χ1n) is 6.49. The molecule has 2 aliphatic heterocycles. The standard InChI is InChI=1S/C12H21N3O2/c13-6-3-9-4-7-15(8-5-9)12(17)10-1-2-11(16)14-10/h9-10H,1-8,13H2,(H,14,16)/t10-/m0/s1. The van der Waals surface area contributed by atoms with Crippen molar-refractivity contribution in [1.29, 1.82) is 0 Å². The predicted molar refractivity (Wildman–Crippen MR) is 64.1 cm³/mol. The molecule has 0 aromatic carbocycles. The van der Waals surface area contributed by atoms with Crippen LogP contribution >= 0.6 is 0 Å². The lowest BCUT2D eigenvalue weighted by atomic mass is 9.93. The van der Waals surface area contributed by atoms with Crippen molar-refractivity contribution in [2.24, 2.45) is 11.7 Å². The number of nitrogens with one attached hydrogen (secondary N) is 1. The number of carbonyl (C=O) groups excluding carboxylic acids is 2. The topological polar surface area (TPSA) is 75.4 Å². The molecule has 2 saturated heterocycles. The number of hydrogen-bond acceptors (Lipinski definition) is 3. The van der Waals surface area contributed by atoms with E-state index in [2.05, 4.69) is 5.32 Å². The van der Waals surface area contributed by atoms with E-state index >= 15 is 0 Å². The normalized spacial score (nSPS) is 26.1. The van der Waals surface area contributed by atoms with Crippen LogP contribution < -0.4 is 11.1 Å². The van der Waals surface area contributed by atoms with Gasteiger partial charge in [0.2, 0.25) is 11.8 Å². The van der Waals surface area contributed by atoms with Crippen molar-refractivity contribution >= 4 is 11.8 Å². The number of piperidine rings is 1. The predicted octanol–water partition coefficient (Wildman–Crippen LogP) is -0.148. The van der Waals surface area contributed by atoms with E-state index in [4.69, 9.17) is 5.73 Å². The quantitative estimate of drug-likeness (QED) is 0.719. The third kappa shape index (κ3) is 2.97. The lowest BCUT2D eigenvalue weighted by molar-refractivity contribution is -0.135. The summed E-state index contributed by atoms with van der Waals surface area (Å²) in [6.45, 7) is 2.36. The van der Waals surface area contributed by atoms with Gasteiger partial charge in [-0.15, -0.1) is 0 Å². The lowest BCUT2D eigenvalue weighted by Gasteiger charge is -2.33. The third-order valence-corrected chi connectivity index (χ3v) is 3.79. The fraction of sp³-hybridized carbons (Fsp3) is 0.833. The number of nitrogens with two attached hydrogens (primary N) is 1. The van der Waals surface area contributed by atoms with Gasteiger partial charge < -0.3 is 16.0 Å². The summed E-state index contributed by atoms with van der Waals surface area (Å²) < 4.78 is 0. The fourth-order valence-corrected chi connectivity index (χ4v) is 2.70. The van der Waals surface area contributed by atoms with Gasteiger partial charge in [-0.05, 0) is 38.1 Å². The summed E-state index contributed by atoms with van der Waals surface area (Å²) in [4.78, 5) is 25.1. The fourth-order valence-electron chi connectivity index (χ4n) is 2.70. The van der Waals surface area contributed by atoms with Crippen molar-refractivity contribution in [3.05, 3.63) is 0 Å². The van der Waals surface area contributed by atoms with Gasteiger partial charge in [-0.25, -0.2) is 0 Å². The molecule has 2 heterocycles. The Morgan fingerprint density at radius 1 is 1.35 bits per heavy atom. The molecule has 0 aromatic heterocycles. The van der Waals surface area contributed by atoms with E-state index < -0.39 is 0 Å². The molecule has 5 heteroatoms. The van der Waals surface area contributed by atoms with E-state index in [1.165, 1.54) is 0 Å². The average Bonchev–Trinajstić information content (AvgIpc) is 2.76. The Bertz CT molecular complexity index is 298. The molecule has 2 amide bonds. The van der Waals surface area contributed by atoms with E-state index in [0.29, 0.717) is 18.8 Å². The van der Waals surface area contributed by atoms with Crippen LogP contribution in [0.5, 0.6) is 0 Å². The summed E-state index contributed by atoms with van der Waals surface area (Å²) in [6.07, 6.45) is 4.29. The van der Waals surface area contributed by atoms with Crippen LogP contribution in [0, 0.1) is 5.92 Å². The molecular weight excluding hydrogens is 218 g/mol. The van der Waals surface area contributed by atoms with Gasteiger partial charge in [0.05, 0.1) is 0 Å². The first kappa shape index (κ1) is 12.4. The highest BCUT2D eigenvalue weighted by atomic mass is 16.2. The van der Waals surface area contributed by atoms with Gasteiger partial charge in [-0.2, -0.15) is 0 Å². The first-order chi connectivity index (χ1) is 8.20. The number of carbonyl (C=O) groups is 2. The Morgan fingerprint density at radius 3 is 2.59 bits per heavy atom. The van der Waals surface area contributed by atoms with E-state index in [1.807, 2.05) is 4.90 Å². The van der Waals surface area contributed by atoms with Crippen molar-refractivity contribution in [3.8, 4) is 0 Å². The highest BCUT2D eigenvalue weighted by Crippen LogP contribution is 2.21. The van der Waals surface area contributed by atoms with E-state index in [0.717, 1.165) is 38.9 Å². The minimum atomic E-state index is -0.270. The van der Waals surface area contributed by atoms with Crippen LogP contribution in [0.3, 0.4) is 0 Å². The minimum absolute atomic E-state index is 0.00127. The van der Waals surface area contributed by atoms with Crippen molar-refractivity contribution in [2.45, 2.75) is 38.1 Å². The molecule has 0 unspecified atom stereocenters. The summed E-state index contributed by atoms with van der Waals surface area (Å²) in [6, 6.07) is -0.270. The molecule has 2 aliphatic rings. The molecule has 1 atom stereocenters. The number of nitrogens with zero attached hydrogens (tertiary/aromatic N) is 1. The molecule has 0 aromatic rings. The summed E-state index contributed by atoms with van der Waals surface area (Å²) in [5.74, 6) is 0.769. The van der Waals surface area contributed by atoms with Gasteiger partial charge >= 0.3 is 0 Å². The largest absolute Gasteiger partial charge is 0.344 e. The number of likely N-dealkylation sites (tertiary alicyclic amines) is 1. The Morgan fingerprint density at radius 2 is 2.06 bits per heavy atom. The van der Waals surface area contributed by atoms with Crippen LogP contribution in [-0.2, 0) is 9.59 Å². The molecule has 0 aliphatic carbocycles. The number of hydrogen-bond donors (Lipinski definition) is 2. The molecule has 0 bridgehead atoms. The van der Waals surface area contributed by atoms with E-state index in [-0.39, 0.29) is 17.9 Å². The molecule has 17 heavy (non-hydrogen) atoms. The average molecular weight is 239 g/mol. The van der Waals surface area contributed by atoms with Gasteiger partial charge in [0, 0.05) is 19.5 Å². The maximum absolute atomic E-state index is 12.1. The summed E-state index contributed by atoms with van der Waals surface area (Å²) >= 11 is 0. The zero-order valence-corrected chi connectivity index (χ0v) is 10.2. The second-order valence-electron chi connectivity index (χ2n) is 5.00. The molecule has 0 saturated carbocycles. The summed E-state index contributed by atoms with van der Waals surface area (Å²) in [5.41, 5.74) is 5.54. The SMILES string of the molecule is NCCC1CCN(C(=O)[C@@H]2CCC(=O)N2)CC1. The van der Waals surface area contributed by atoms with E-state index in [9.17, 15) is 9.59 Å². The van der Waals surface area contributed by atoms with Gasteiger partial charge in [0.15, 0.2) is 0 Å². The number of rotatable bonds is 3. The molecular formula is C12H21N3O2. The van der Waals surface area contributed by atoms with Crippen LogP contribution in [0.15, 0.2) is 0 Å². The van der Waals surface area contributed by atoms with Crippen molar-refractivity contribution in [1.82, 2.24) is 10.2 Å². The minimum Gasteiger partial charge on any atom is -0.344 e. The molecule has 0 radical (unpaired) electrons. The monoisotopic (exact) mass is 239 g/mol. The van der Waals surface area contributed by atoms with Crippen LogP contribution in [0.25, 0.3) is 0 Å². The zero-order valence-electron chi connectivity index (χ0n) is 10.2. The maximum Gasteiger partial charge on any atom is 0.245 e. The Balaban J connectivity index is 1.80. The maximum atomic E-state index is 12.1. The first-order valence-corrected chi connectivity index (χ1v) is 6.49. The van der Waals surface area contributed by atoms with Crippen molar-refractivity contribution < 1.29 is 9.59 Å². The summed E-state index contributed by atoms with van der Waals surface area (Å²) in [7, 11) is 0. The highest BCUT2D eigenvalue weighted by molar-refractivity contribution is 5.90. The molecule has 2 fully saturated rings. The molecule has 0 spiro atoms. The molecule has 96 valence electrons. The van der Waals surface area contributed by atoms with Gasteiger partial charge in [0.25, 0.3) is 0 Å². The van der Waals surface area contributed by atoms with Crippen LogP contribution in [0.4, 0.5) is 0 Å². The van der Waals surface area contributed by atoms with Crippen LogP contribution in [0.2, 0.25) is 0 Å². The molecule has 5 nitrogen and oxygen atoms in total. The van der Waals surface area contributed by atoms with Crippen LogP contribution in [-0.4, -0.2) is 42.4 Å². The van der Waals surface area contributed by atoms with Crippen LogP contribution in [0.1, 0.15) is 32.1 Å². The van der Waals surface area contributed by atoms with E-state index in [1.54, 1.807) is 0 Å². The van der Waals surface area contributed by atoms with Crippen molar-refractivity contribution in [3.63, 3.8) is 0 Å². The molecule has 2 rings (SSSR count). The van der Waals surface area contributed by atoms with Gasteiger partial charge in [0.1, 0.15) is 6.04 Å². The second-order valence-corrected chi connectivity index (χ2v) is 5.00. The van der Waals surface area contributed by atoms with Gasteiger partial charge in [-0.1, -0.05) is 0 Å². The number of amides is 2. The lowest BCUT2D eigenvalue weighted by Crippen LogP contribution is -2.47. The third-order valence-electron chi connectivity index (χ3n) is 3.79. The zero-order chi connectivity index (χ0) is 12.3. The Labute approximate surface area is 102 Å². The smallest absolute Gasteiger partial charge is 0.245 e. The second kappa shape index (κ2) is 5.49. The summed E-state index contributed by atoms with van der Waals surface area (Å²) in [5, 5.41) is 2.74. The van der Waals surface area contributed by atoms with Gasteiger partial charge in [-0.3, -0.25) is 9.59 Å². The van der Waals surface area contributed by atoms with Crippen molar-refractivity contribution in [2.75, 3.05) is 19.6 Å². The Kier molecular flexibility index (Phi) is 3.99. The highest BCUT2D eigenvalue weighted by Gasteiger charge is 2.32.